The Morgan fingerprint density at radius 1 is 1.35 bits per heavy atom. The Morgan fingerprint density at radius 2 is 2.06 bits per heavy atom. The number of nitrogens with zero attached hydrogens (tertiary/aromatic N) is 1. The van der Waals surface area contributed by atoms with E-state index in [1.54, 1.807) is 0 Å². The van der Waals surface area contributed by atoms with Gasteiger partial charge in [0.1, 0.15) is 10.7 Å². The number of halogens is 3. The topological polar surface area (TPSA) is 62.8 Å². The maximum absolute atomic E-state index is 13.0. The van der Waals surface area contributed by atoms with Crippen molar-refractivity contribution < 1.29 is 12.8 Å². The second-order valence-corrected chi connectivity index (χ2v) is 6.12. The third-order valence-corrected chi connectivity index (χ3v) is 3.70. The molecule has 17 heavy (non-hydrogen) atoms. The number of aromatic amines is 1. The van der Waals surface area contributed by atoms with Gasteiger partial charge in [-0.05, 0) is 18.2 Å². The van der Waals surface area contributed by atoms with Crippen LogP contribution >= 0.6 is 22.3 Å². The first-order valence-electron chi connectivity index (χ1n) is 4.33. The molecule has 1 aromatic carbocycles. The molecule has 90 valence electrons. The molecule has 0 saturated heterocycles. The molecule has 0 aliphatic rings. The molecule has 2 rings (SSSR count). The fourth-order valence-corrected chi connectivity index (χ4v) is 2.44. The second-order valence-electron chi connectivity index (χ2n) is 3.18. The molecule has 1 heterocycles. The van der Waals surface area contributed by atoms with Crippen molar-refractivity contribution in [1.82, 2.24) is 10.2 Å². The highest BCUT2D eigenvalue weighted by atomic mass is 35.7. The summed E-state index contributed by atoms with van der Waals surface area (Å²) in [5.74, 6) is -0.592. The molecule has 0 unspecified atom stereocenters. The van der Waals surface area contributed by atoms with Gasteiger partial charge in [-0.25, -0.2) is 12.8 Å². The second kappa shape index (κ2) is 4.29. The number of benzene rings is 1. The first-order chi connectivity index (χ1) is 7.89. The van der Waals surface area contributed by atoms with E-state index < -0.39 is 14.9 Å². The lowest BCUT2D eigenvalue weighted by atomic mass is 10.1. The zero-order valence-electron chi connectivity index (χ0n) is 8.12. The van der Waals surface area contributed by atoms with Crippen LogP contribution in [0.5, 0.6) is 0 Å². The summed E-state index contributed by atoms with van der Waals surface area (Å²) in [6.45, 7) is 0. The van der Waals surface area contributed by atoms with Gasteiger partial charge < -0.3 is 0 Å². The quantitative estimate of drug-likeness (QED) is 0.866. The molecule has 0 fully saturated rings. The predicted molar refractivity (Wildman–Crippen MR) is 62.0 cm³/mol. The van der Waals surface area contributed by atoms with Gasteiger partial charge in [0, 0.05) is 16.2 Å². The van der Waals surface area contributed by atoms with Crippen molar-refractivity contribution >= 4 is 31.3 Å². The molecule has 0 bridgehead atoms. The zero-order chi connectivity index (χ0) is 12.6. The van der Waals surface area contributed by atoms with E-state index in [1.807, 2.05) is 0 Å². The maximum atomic E-state index is 13.0. The fourth-order valence-electron chi connectivity index (χ4n) is 1.32. The van der Waals surface area contributed by atoms with Gasteiger partial charge in [0.15, 0.2) is 0 Å². The van der Waals surface area contributed by atoms with Gasteiger partial charge in [0.05, 0.1) is 16.9 Å². The van der Waals surface area contributed by atoms with Crippen LogP contribution in [-0.4, -0.2) is 18.6 Å². The van der Waals surface area contributed by atoms with Crippen molar-refractivity contribution in [3.63, 3.8) is 0 Å². The standard InChI is InChI=1S/C9H5Cl2FN2O2S/c10-6-3-5(1-2-7(6)12)9-8(4-13-14-9)17(11,15)16/h1-4H,(H,13,14). The Hall–Kier alpha value is -1.11. The molecule has 2 aromatic rings. The number of hydrogen-bond acceptors (Lipinski definition) is 3. The summed E-state index contributed by atoms with van der Waals surface area (Å²) in [6, 6.07) is 3.79. The van der Waals surface area contributed by atoms with Crippen molar-refractivity contribution in [2.45, 2.75) is 4.90 Å². The lowest BCUT2D eigenvalue weighted by Gasteiger charge is -2.01. The molecule has 0 aliphatic carbocycles. The highest BCUT2D eigenvalue weighted by Gasteiger charge is 2.19. The predicted octanol–water partition coefficient (Wildman–Crippen LogP) is 2.80. The van der Waals surface area contributed by atoms with Crippen LogP contribution < -0.4 is 0 Å². The SMILES string of the molecule is O=S(=O)(Cl)c1cn[nH]c1-c1ccc(F)c(Cl)c1. The van der Waals surface area contributed by atoms with Crippen LogP contribution in [0.2, 0.25) is 5.02 Å². The Balaban J connectivity index is 2.62. The van der Waals surface area contributed by atoms with Crippen LogP contribution in [0.3, 0.4) is 0 Å². The van der Waals surface area contributed by atoms with Crippen molar-refractivity contribution in [1.29, 1.82) is 0 Å². The number of H-pyrrole nitrogens is 1. The van der Waals surface area contributed by atoms with Crippen LogP contribution in [0.1, 0.15) is 0 Å². The first kappa shape index (κ1) is 12.3. The smallest absolute Gasteiger partial charge is 0.265 e. The summed E-state index contributed by atoms with van der Waals surface area (Å²) in [4.78, 5) is -0.179. The number of rotatable bonds is 2. The molecule has 4 nitrogen and oxygen atoms in total. The van der Waals surface area contributed by atoms with Gasteiger partial charge in [0.2, 0.25) is 0 Å². The van der Waals surface area contributed by atoms with Gasteiger partial charge in [-0.1, -0.05) is 11.6 Å². The summed E-state index contributed by atoms with van der Waals surface area (Å²) in [5, 5.41) is 5.96. The normalized spacial score (nSPS) is 11.7. The monoisotopic (exact) mass is 294 g/mol. The minimum absolute atomic E-state index is 0.116. The van der Waals surface area contributed by atoms with Gasteiger partial charge in [-0.15, -0.1) is 0 Å². The van der Waals surface area contributed by atoms with E-state index >= 15 is 0 Å². The molecule has 0 aliphatic heterocycles. The fraction of sp³-hybridized carbons (Fsp3) is 0. The van der Waals surface area contributed by atoms with E-state index in [1.165, 1.54) is 12.1 Å². The number of hydrogen-bond donors (Lipinski definition) is 1. The van der Waals surface area contributed by atoms with Gasteiger partial charge in [-0.3, -0.25) is 5.10 Å². The Morgan fingerprint density at radius 3 is 2.65 bits per heavy atom. The third kappa shape index (κ3) is 2.43. The Bertz CT molecular complexity index is 669. The van der Waals surface area contributed by atoms with Crippen molar-refractivity contribution in [2.75, 3.05) is 0 Å². The van der Waals surface area contributed by atoms with Crippen LogP contribution in [0.4, 0.5) is 4.39 Å². The minimum atomic E-state index is -3.92. The molecule has 0 spiro atoms. The molecule has 0 saturated carbocycles. The van der Waals surface area contributed by atoms with E-state index in [2.05, 4.69) is 10.2 Å². The van der Waals surface area contributed by atoms with Crippen LogP contribution in [0, 0.1) is 5.82 Å². The summed E-state index contributed by atoms with van der Waals surface area (Å²) >= 11 is 5.61. The molecule has 1 aromatic heterocycles. The first-order valence-corrected chi connectivity index (χ1v) is 7.02. The molecule has 0 atom stereocenters. The summed E-state index contributed by atoms with van der Waals surface area (Å²) in [5.41, 5.74) is 0.551. The number of nitrogens with one attached hydrogen (secondary N) is 1. The molecular formula is C9H5Cl2FN2O2S. The van der Waals surface area contributed by atoms with E-state index in [-0.39, 0.29) is 15.6 Å². The lowest BCUT2D eigenvalue weighted by molar-refractivity contribution is 0.610. The Kier molecular flexibility index (Phi) is 3.11. The van der Waals surface area contributed by atoms with E-state index in [4.69, 9.17) is 22.3 Å². The van der Waals surface area contributed by atoms with Gasteiger partial charge in [0.25, 0.3) is 9.05 Å². The average molecular weight is 295 g/mol. The molecule has 8 heteroatoms. The molecule has 1 N–H and O–H groups in total. The largest absolute Gasteiger partial charge is 0.276 e. The molecule has 0 radical (unpaired) electrons. The summed E-state index contributed by atoms with van der Waals surface area (Å²) in [6.07, 6.45) is 1.08. The van der Waals surface area contributed by atoms with Crippen molar-refractivity contribution in [3.8, 4) is 11.3 Å². The highest BCUT2D eigenvalue weighted by Crippen LogP contribution is 2.29. The molecule has 0 amide bonds. The van der Waals surface area contributed by atoms with E-state index in [0.717, 1.165) is 12.3 Å². The highest BCUT2D eigenvalue weighted by molar-refractivity contribution is 8.13. The van der Waals surface area contributed by atoms with E-state index in [9.17, 15) is 12.8 Å². The van der Waals surface area contributed by atoms with Gasteiger partial charge in [-0.2, -0.15) is 5.10 Å². The molecular weight excluding hydrogens is 290 g/mol. The number of aromatic nitrogens is 2. The average Bonchev–Trinajstić information content (AvgIpc) is 2.70. The van der Waals surface area contributed by atoms with Crippen molar-refractivity contribution in [3.05, 3.63) is 35.2 Å². The van der Waals surface area contributed by atoms with Crippen LogP contribution in [-0.2, 0) is 9.05 Å². The third-order valence-electron chi connectivity index (χ3n) is 2.08. The summed E-state index contributed by atoms with van der Waals surface area (Å²) < 4.78 is 35.4. The Labute approximate surface area is 106 Å². The lowest BCUT2D eigenvalue weighted by Crippen LogP contribution is -1.92. The van der Waals surface area contributed by atoms with Crippen LogP contribution in [0.15, 0.2) is 29.3 Å². The van der Waals surface area contributed by atoms with Crippen molar-refractivity contribution in [2.24, 2.45) is 0 Å². The van der Waals surface area contributed by atoms with E-state index in [0.29, 0.717) is 5.56 Å². The summed E-state index contributed by atoms with van der Waals surface area (Å²) in [7, 11) is 1.31. The van der Waals surface area contributed by atoms with Gasteiger partial charge >= 0.3 is 0 Å². The minimum Gasteiger partial charge on any atom is -0.276 e. The zero-order valence-corrected chi connectivity index (χ0v) is 10.4. The maximum Gasteiger partial charge on any atom is 0.265 e. The van der Waals surface area contributed by atoms with Crippen LogP contribution in [0.25, 0.3) is 11.3 Å².